The number of nitro benzene ring substituents is 1. The molecular weight excluding hydrogens is 321 g/mol. The zero-order chi connectivity index (χ0) is 16.3. The van der Waals surface area contributed by atoms with Crippen LogP contribution in [-0.2, 0) is 0 Å². The molecule has 0 spiro atoms. The van der Waals surface area contributed by atoms with Gasteiger partial charge in [-0.05, 0) is 24.3 Å². The highest BCUT2D eigenvalue weighted by Crippen LogP contribution is 2.33. The molecule has 21 heavy (non-hydrogen) atoms. The van der Waals surface area contributed by atoms with Crippen molar-refractivity contribution in [3.63, 3.8) is 0 Å². The molecule has 0 heterocycles. The summed E-state index contributed by atoms with van der Waals surface area (Å²) in [6.07, 6.45) is 0. The zero-order valence-corrected chi connectivity index (χ0v) is 11.7. The summed E-state index contributed by atoms with van der Waals surface area (Å²) in [5, 5.41) is 15.3. The maximum absolute atomic E-state index is 11.4. The lowest BCUT2D eigenvalue weighted by Gasteiger charge is -2.08. The Hall–Kier alpha value is -2.31. The number of benzene rings is 2. The van der Waals surface area contributed by atoms with Crippen LogP contribution < -0.4 is 4.74 Å². The number of hydrogen-bond acceptors (Lipinski definition) is 5. The van der Waals surface area contributed by atoms with E-state index in [0.717, 1.165) is 12.1 Å². The van der Waals surface area contributed by atoms with E-state index in [4.69, 9.17) is 29.4 Å². The summed E-state index contributed by atoms with van der Waals surface area (Å²) < 4.78 is 12.0. The van der Waals surface area contributed by atoms with Gasteiger partial charge in [0.1, 0.15) is 17.1 Å². The maximum atomic E-state index is 11.4. The van der Waals surface area contributed by atoms with Crippen LogP contribution in [0, 0.1) is 10.1 Å². The Morgan fingerprint density at radius 2 is 2.05 bits per heavy atom. The van der Waals surface area contributed by atoms with E-state index in [1.165, 1.54) is 18.2 Å². The lowest BCUT2D eigenvalue weighted by atomic mass is 10.1. The van der Waals surface area contributed by atoms with Gasteiger partial charge in [0.15, 0.2) is 0 Å². The fourth-order valence-electron chi connectivity index (χ4n) is 1.59. The molecule has 0 radical (unpaired) electrons. The van der Waals surface area contributed by atoms with Gasteiger partial charge in [-0.25, -0.2) is 4.79 Å². The topological polar surface area (TPSA) is 89.7 Å². The highest BCUT2D eigenvalue weighted by Gasteiger charge is 2.20. The zero-order valence-electron chi connectivity index (χ0n) is 11.2. The van der Waals surface area contributed by atoms with Gasteiger partial charge in [0.05, 0.1) is 9.95 Å². The molecule has 108 valence electrons. The third-order valence-electron chi connectivity index (χ3n) is 2.51. The van der Waals surface area contributed by atoms with Gasteiger partial charge in [-0.3, -0.25) is 10.1 Å². The summed E-state index contributed by atoms with van der Waals surface area (Å²) >= 11 is 11.7. The molecule has 2 rings (SSSR count). The van der Waals surface area contributed by atoms with Crippen LogP contribution >= 0.6 is 23.2 Å². The number of rotatable bonds is 4. The van der Waals surface area contributed by atoms with E-state index in [1.54, 1.807) is 6.07 Å². The van der Waals surface area contributed by atoms with Crippen molar-refractivity contribution in [2.24, 2.45) is 0 Å². The van der Waals surface area contributed by atoms with Crippen molar-refractivity contribution >= 4 is 34.9 Å². The second-order valence-electron chi connectivity index (χ2n) is 3.90. The van der Waals surface area contributed by atoms with Crippen molar-refractivity contribution in [3.05, 3.63) is 62.1 Å². The van der Waals surface area contributed by atoms with E-state index in [-0.39, 0.29) is 16.5 Å². The third kappa shape index (κ3) is 3.42. The molecule has 0 saturated heterocycles. The first kappa shape index (κ1) is 13.7. The van der Waals surface area contributed by atoms with Crippen LogP contribution in [-0.4, -0.2) is 16.0 Å². The minimum Gasteiger partial charge on any atom is -0.477 e. The Morgan fingerprint density at radius 3 is 2.67 bits per heavy atom. The van der Waals surface area contributed by atoms with Gasteiger partial charge < -0.3 is 9.85 Å². The van der Waals surface area contributed by atoms with E-state index in [2.05, 4.69) is 5.11 Å². The first-order valence-electron chi connectivity index (χ1n) is 5.92. The predicted octanol–water partition coefficient (Wildman–Crippen LogP) is 4.39. The lowest BCUT2D eigenvalue weighted by Crippen LogP contribution is -2.02. The number of nitro groups is 1. The second kappa shape index (κ2) is 5.99. The van der Waals surface area contributed by atoms with Gasteiger partial charge in [0.25, 0.3) is 7.12 Å². The summed E-state index contributed by atoms with van der Waals surface area (Å²) in [5.41, 5.74) is -0.894. The molecule has 0 saturated carbocycles. The lowest BCUT2D eigenvalue weighted by molar-refractivity contribution is -0.385. The summed E-state index contributed by atoms with van der Waals surface area (Å²) in [4.78, 5) is 21.5. The van der Waals surface area contributed by atoms with Crippen molar-refractivity contribution in [2.45, 2.75) is 0 Å². The highest BCUT2D eigenvalue weighted by molar-refractivity contribution is 6.35. The Bertz CT molecular complexity index is 753. The quantitative estimate of drug-likeness (QED) is 0.663. The molecule has 8 heteroatoms. The van der Waals surface area contributed by atoms with Gasteiger partial charge >= 0.3 is 5.97 Å². The molecular formula is C13H7Cl2NO5. The van der Waals surface area contributed by atoms with Crippen molar-refractivity contribution in [3.8, 4) is 11.5 Å². The molecule has 0 amide bonds. The SMILES string of the molecule is [2H]OC(=O)c1cc(Oc2ccc(Cl)cc2Cl)ccc1[N+](=O)[O-]. The van der Waals surface area contributed by atoms with Gasteiger partial charge in [0.2, 0.25) is 0 Å². The highest BCUT2D eigenvalue weighted by atomic mass is 35.5. The first-order valence-corrected chi connectivity index (χ1v) is 6.27. The number of carboxylic acid groups (broad SMARTS) is 1. The minimum atomic E-state index is -1.17. The van der Waals surface area contributed by atoms with Crippen LogP contribution in [0.5, 0.6) is 11.5 Å². The maximum Gasteiger partial charge on any atom is 0.342 e. The van der Waals surface area contributed by atoms with Crippen LogP contribution in [0.2, 0.25) is 10.0 Å². The summed E-state index contributed by atoms with van der Waals surface area (Å²) in [6.45, 7) is 0. The van der Waals surface area contributed by atoms with Crippen molar-refractivity contribution in [1.29, 1.82) is 1.43 Å². The molecule has 2 aromatic rings. The Kier molecular flexibility index (Phi) is 3.89. The number of carboxylic acids is 1. The van der Waals surface area contributed by atoms with Crippen molar-refractivity contribution < 1.29 is 19.6 Å². The van der Waals surface area contributed by atoms with Crippen molar-refractivity contribution in [2.75, 3.05) is 0 Å². The van der Waals surface area contributed by atoms with Crippen LogP contribution in [0.3, 0.4) is 0 Å². The fourth-order valence-corrected chi connectivity index (χ4v) is 2.03. The monoisotopic (exact) mass is 328 g/mol. The van der Waals surface area contributed by atoms with Crippen LogP contribution in [0.1, 0.15) is 10.4 Å². The smallest absolute Gasteiger partial charge is 0.342 e. The third-order valence-corrected chi connectivity index (χ3v) is 3.04. The number of nitrogens with zero attached hydrogens (tertiary/aromatic N) is 1. The number of aromatic carboxylic acids is 1. The largest absolute Gasteiger partial charge is 0.477 e. The fraction of sp³-hybridized carbons (Fsp3) is 0. The summed E-state index contributed by atoms with van der Waals surface area (Å²) in [7, 11) is 0. The molecule has 0 aromatic heterocycles. The molecule has 0 aliphatic heterocycles. The summed E-state index contributed by atoms with van der Waals surface area (Å²) in [6, 6.07) is 7.99. The number of halogens is 2. The average Bonchev–Trinajstić information content (AvgIpc) is 2.49. The molecule has 0 aliphatic carbocycles. The molecule has 6 nitrogen and oxygen atoms in total. The number of ether oxygens (including phenoxy) is 1. The Morgan fingerprint density at radius 1 is 1.29 bits per heavy atom. The van der Waals surface area contributed by atoms with Crippen molar-refractivity contribution in [1.82, 2.24) is 0 Å². The molecule has 0 bridgehead atoms. The molecule has 0 fully saturated rings. The van der Waals surface area contributed by atoms with Crippen LogP contribution in [0.25, 0.3) is 1.43 Å². The Balaban J connectivity index is 2.40. The molecule has 0 aliphatic rings. The van der Waals surface area contributed by atoms with Crippen LogP contribution in [0.15, 0.2) is 36.4 Å². The summed E-state index contributed by atoms with van der Waals surface area (Å²) in [5.74, 6) is -0.792. The minimum absolute atomic E-state index is 0.121. The van der Waals surface area contributed by atoms with Crippen LogP contribution in [0.4, 0.5) is 5.69 Å². The normalized spacial score (nSPS) is 10.7. The molecule has 0 atom stereocenters. The molecule has 2 aromatic carbocycles. The van der Waals surface area contributed by atoms with E-state index < -0.39 is 22.1 Å². The first-order chi connectivity index (χ1) is 10.4. The van der Waals surface area contributed by atoms with Gasteiger partial charge in [-0.2, -0.15) is 0 Å². The molecule has 1 N–H and O–H groups in total. The molecule has 0 unspecified atom stereocenters. The van der Waals surface area contributed by atoms with Gasteiger partial charge in [-0.1, -0.05) is 23.2 Å². The van der Waals surface area contributed by atoms with Gasteiger partial charge in [-0.15, -0.1) is 0 Å². The van der Waals surface area contributed by atoms with E-state index >= 15 is 0 Å². The van der Waals surface area contributed by atoms with Gasteiger partial charge in [0, 0.05) is 17.2 Å². The average molecular weight is 329 g/mol. The van der Waals surface area contributed by atoms with E-state index in [1.807, 2.05) is 0 Å². The number of hydrogen-bond donors (Lipinski definition) is 1. The standard InChI is InChI=1S/C13H7Cl2NO5/c14-7-1-4-12(10(15)5-7)21-8-2-3-11(16(19)20)9(6-8)13(17)18/h1-6H,(H,17,18)/i/hD. The Labute approximate surface area is 130 Å². The van der Waals surface area contributed by atoms with E-state index in [9.17, 15) is 14.9 Å². The number of carbonyl (C=O) groups is 1. The van der Waals surface area contributed by atoms with E-state index in [0.29, 0.717) is 5.02 Å². The second-order valence-corrected chi connectivity index (χ2v) is 4.74. The predicted molar refractivity (Wildman–Crippen MR) is 76.6 cm³/mol.